The fourth-order valence-corrected chi connectivity index (χ4v) is 2.68. The van der Waals surface area contributed by atoms with Gasteiger partial charge in [0.25, 0.3) is 5.91 Å². The number of amides is 2. The molecule has 1 fully saturated rings. The van der Waals surface area contributed by atoms with Crippen LogP contribution < -0.4 is 10.5 Å². The lowest BCUT2D eigenvalue weighted by Gasteiger charge is -2.32. The van der Waals surface area contributed by atoms with Gasteiger partial charge < -0.3 is 15.4 Å². The Morgan fingerprint density at radius 3 is 2.48 bits per heavy atom. The van der Waals surface area contributed by atoms with Crippen LogP contribution in [-0.2, 0) is 9.59 Å². The maximum absolute atomic E-state index is 12.4. The highest BCUT2D eigenvalue weighted by atomic mass is 16.5. The third-order valence-electron chi connectivity index (χ3n) is 4.11. The number of nitrogens with two attached hydrogens (primary N) is 1. The second-order valence-corrected chi connectivity index (χ2v) is 5.85. The summed E-state index contributed by atoms with van der Waals surface area (Å²) >= 11 is 0. The Morgan fingerprint density at radius 2 is 1.91 bits per heavy atom. The summed E-state index contributed by atoms with van der Waals surface area (Å²) < 4.78 is 5.66. The maximum Gasteiger partial charge on any atom is 0.263 e. The number of ether oxygens (including phenoxy) is 1. The van der Waals surface area contributed by atoms with Gasteiger partial charge in [-0.1, -0.05) is 12.1 Å². The Balaban J connectivity index is 1.94. The van der Waals surface area contributed by atoms with E-state index in [2.05, 4.69) is 0 Å². The topological polar surface area (TPSA) is 89.7 Å². The zero-order valence-corrected chi connectivity index (χ0v) is 13.5. The normalized spacial score (nSPS) is 16.7. The SMILES string of the molecule is CC(=O)c1cccc(OC(C)C(=O)N2CCC(C(N)=O)CC2)c1. The molecule has 1 aliphatic heterocycles. The number of rotatable bonds is 5. The van der Waals surface area contributed by atoms with Crippen LogP contribution in [-0.4, -0.2) is 41.7 Å². The van der Waals surface area contributed by atoms with Crippen molar-refractivity contribution in [3.63, 3.8) is 0 Å². The van der Waals surface area contributed by atoms with E-state index in [1.807, 2.05) is 0 Å². The number of carbonyl (C=O) groups is 3. The Labute approximate surface area is 135 Å². The summed E-state index contributed by atoms with van der Waals surface area (Å²) in [7, 11) is 0. The van der Waals surface area contributed by atoms with Gasteiger partial charge in [-0.15, -0.1) is 0 Å². The van der Waals surface area contributed by atoms with Crippen molar-refractivity contribution >= 4 is 17.6 Å². The van der Waals surface area contributed by atoms with Crippen LogP contribution in [0.25, 0.3) is 0 Å². The van der Waals surface area contributed by atoms with Crippen molar-refractivity contribution in [2.24, 2.45) is 11.7 Å². The van der Waals surface area contributed by atoms with Crippen molar-refractivity contribution in [2.75, 3.05) is 13.1 Å². The molecule has 1 atom stereocenters. The quantitative estimate of drug-likeness (QED) is 0.831. The monoisotopic (exact) mass is 318 g/mol. The highest BCUT2D eigenvalue weighted by molar-refractivity contribution is 5.94. The Morgan fingerprint density at radius 1 is 1.26 bits per heavy atom. The summed E-state index contributed by atoms with van der Waals surface area (Å²) in [4.78, 5) is 36.7. The summed E-state index contributed by atoms with van der Waals surface area (Å²) in [5.41, 5.74) is 5.84. The van der Waals surface area contributed by atoms with Crippen LogP contribution in [0.5, 0.6) is 5.75 Å². The van der Waals surface area contributed by atoms with Crippen LogP contribution >= 0.6 is 0 Å². The second-order valence-electron chi connectivity index (χ2n) is 5.85. The van der Waals surface area contributed by atoms with Gasteiger partial charge in [-0.05, 0) is 38.8 Å². The molecule has 0 radical (unpaired) electrons. The first kappa shape index (κ1) is 17.0. The van der Waals surface area contributed by atoms with E-state index in [1.54, 1.807) is 36.1 Å². The lowest BCUT2D eigenvalue weighted by atomic mass is 9.96. The number of primary amides is 1. The number of carbonyl (C=O) groups excluding carboxylic acids is 3. The molecule has 6 heteroatoms. The number of hydrogen-bond acceptors (Lipinski definition) is 4. The predicted octanol–water partition coefficient (Wildman–Crippen LogP) is 1.38. The molecule has 0 aromatic heterocycles. The molecule has 1 heterocycles. The molecule has 6 nitrogen and oxygen atoms in total. The van der Waals surface area contributed by atoms with E-state index < -0.39 is 6.10 Å². The summed E-state index contributed by atoms with van der Waals surface area (Å²) in [5.74, 6) is -0.139. The van der Waals surface area contributed by atoms with Crippen LogP contribution in [0.1, 0.15) is 37.0 Å². The number of piperidine rings is 1. The largest absolute Gasteiger partial charge is 0.481 e. The highest BCUT2D eigenvalue weighted by Crippen LogP contribution is 2.20. The summed E-state index contributed by atoms with van der Waals surface area (Å²) in [6.07, 6.45) is 0.531. The third kappa shape index (κ3) is 4.31. The average molecular weight is 318 g/mol. The van der Waals surface area contributed by atoms with Gasteiger partial charge in [0.05, 0.1) is 0 Å². The van der Waals surface area contributed by atoms with Crippen LogP contribution in [0.15, 0.2) is 24.3 Å². The summed E-state index contributed by atoms with van der Waals surface area (Å²) in [6, 6.07) is 6.78. The van der Waals surface area contributed by atoms with Gasteiger partial charge >= 0.3 is 0 Å². The molecule has 124 valence electrons. The zero-order valence-electron chi connectivity index (χ0n) is 13.5. The Hall–Kier alpha value is -2.37. The molecule has 0 spiro atoms. The van der Waals surface area contributed by atoms with E-state index in [-0.39, 0.29) is 23.5 Å². The van der Waals surface area contributed by atoms with Crippen LogP contribution in [0.2, 0.25) is 0 Å². The number of Topliss-reactive ketones (excluding diaryl/α,β-unsaturated/α-hetero) is 1. The van der Waals surface area contributed by atoms with Crippen molar-refractivity contribution in [2.45, 2.75) is 32.8 Å². The number of hydrogen-bond donors (Lipinski definition) is 1. The fourth-order valence-electron chi connectivity index (χ4n) is 2.68. The van der Waals surface area contributed by atoms with Gasteiger partial charge in [0, 0.05) is 24.6 Å². The minimum atomic E-state index is -0.651. The predicted molar refractivity (Wildman–Crippen MR) is 85.0 cm³/mol. The summed E-state index contributed by atoms with van der Waals surface area (Å²) in [6.45, 7) is 4.18. The Kier molecular flexibility index (Phi) is 5.36. The average Bonchev–Trinajstić information content (AvgIpc) is 2.54. The minimum Gasteiger partial charge on any atom is -0.481 e. The van der Waals surface area contributed by atoms with Crippen LogP contribution in [0.3, 0.4) is 0 Å². The number of benzene rings is 1. The van der Waals surface area contributed by atoms with E-state index in [0.29, 0.717) is 37.2 Å². The van der Waals surface area contributed by atoms with Crippen molar-refractivity contribution in [1.82, 2.24) is 4.90 Å². The lowest BCUT2D eigenvalue weighted by Crippen LogP contribution is -2.46. The van der Waals surface area contributed by atoms with E-state index in [1.165, 1.54) is 6.92 Å². The lowest BCUT2D eigenvalue weighted by molar-refractivity contribution is -0.140. The van der Waals surface area contributed by atoms with Gasteiger partial charge in [-0.3, -0.25) is 14.4 Å². The molecule has 1 unspecified atom stereocenters. The smallest absolute Gasteiger partial charge is 0.263 e. The molecule has 0 aliphatic carbocycles. The van der Waals surface area contributed by atoms with E-state index >= 15 is 0 Å². The maximum atomic E-state index is 12.4. The number of ketones is 1. The zero-order chi connectivity index (χ0) is 17.0. The van der Waals surface area contributed by atoms with E-state index in [4.69, 9.17) is 10.5 Å². The van der Waals surface area contributed by atoms with E-state index in [0.717, 1.165) is 0 Å². The summed E-state index contributed by atoms with van der Waals surface area (Å²) in [5, 5.41) is 0. The second kappa shape index (κ2) is 7.26. The third-order valence-corrected chi connectivity index (χ3v) is 4.11. The van der Waals surface area contributed by atoms with Crippen molar-refractivity contribution in [3.8, 4) is 5.75 Å². The highest BCUT2D eigenvalue weighted by Gasteiger charge is 2.29. The molecule has 2 rings (SSSR count). The molecular formula is C17H22N2O4. The van der Waals surface area contributed by atoms with Gasteiger partial charge in [0.2, 0.25) is 5.91 Å². The van der Waals surface area contributed by atoms with Crippen LogP contribution in [0, 0.1) is 5.92 Å². The fraction of sp³-hybridized carbons (Fsp3) is 0.471. The standard InChI is InChI=1S/C17H22N2O4/c1-11(20)14-4-3-5-15(10-14)23-12(2)17(22)19-8-6-13(7-9-19)16(18)21/h3-5,10,12-13H,6-9H2,1-2H3,(H2,18,21). The van der Waals surface area contributed by atoms with Crippen molar-refractivity contribution in [1.29, 1.82) is 0 Å². The Bertz CT molecular complexity index is 606. The number of nitrogens with zero attached hydrogens (tertiary/aromatic N) is 1. The van der Waals surface area contributed by atoms with Gasteiger partial charge in [-0.2, -0.15) is 0 Å². The molecule has 1 aromatic rings. The first-order valence-corrected chi connectivity index (χ1v) is 7.74. The molecule has 1 aliphatic rings. The molecule has 2 amide bonds. The molecule has 0 bridgehead atoms. The molecule has 23 heavy (non-hydrogen) atoms. The molecule has 0 saturated carbocycles. The van der Waals surface area contributed by atoms with Crippen LogP contribution in [0.4, 0.5) is 0 Å². The van der Waals surface area contributed by atoms with Crippen molar-refractivity contribution in [3.05, 3.63) is 29.8 Å². The molecule has 1 saturated heterocycles. The first-order valence-electron chi connectivity index (χ1n) is 7.74. The van der Waals surface area contributed by atoms with Gasteiger partial charge in [0.15, 0.2) is 11.9 Å². The minimum absolute atomic E-state index is 0.0528. The molecular weight excluding hydrogens is 296 g/mol. The van der Waals surface area contributed by atoms with Crippen molar-refractivity contribution < 1.29 is 19.1 Å². The first-order chi connectivity index (χ1) is 10.9. The van der Waals surface area contributed by atoms with Gasteiger partial charge in [0.1, 0.15) is 5.75 Å². The number of likely N-dealkylation sites (tertiary alicyclic amines) is 1. The molecule has 1 aromatic carbocycles. The van der Waals surface area contributed by atoms with E-state index in [9.17, 15) is 14.4 Å². The van der Waals surface area contributed by atoms with Gasteiger partial charge in [-0.25, -0.2) is 0 Å². The molecule has 2 N–H and O–H groups in total.